The molecule has 1 N–H and O–H groups in total. The lowest BCUT2D eigenvalue weighted by molar-refractivity contribution is -0.135. The van der Waals surface area contributed by atoms with Crippen LogP contribution in [0.5, 0.6) is 0 Å². The summed E-state index contributed by atoms with van der Waals surface area (Å²) in [4.78, 5) is 27.5. The standard InChI is InChI=1S/C29H35N3O2/c1-22(2)29(21-30,25-15-8-5-9-16-25)19-11-10-18-27(33)32-20-12-17-26(32)28(34)31-23(3)24-13-6-4-7-14-24/h4-10,13-16,18,22-23,26H,11-12,17,19-20H2,1-3H3,(H,31,34)/t23-,26-,29?/m1/s1. The molecule has 0 bridgehead atoms. The molecule has 0 radical (unpaired) electrons. The normalized spacial score (nSPS) is 18.4. The maximum Gasteiger partial charge on any atom is 0.246 e. The van der Waals surface area contributed by atoms with E-state index in [0.29, 0.717) is 25.8 Å². The number of hydrogen-bond donors (Lipinski definition) is 1. The lowest BCUT2D eigenvalue weighted by Gasteiger charge is -2.31. The van der Waals surface area contributed by atoms with Crippen LogP contribution in [0.1, 0.15) is 63.6 Å². The van der Waals surface area contributed by atoms with E-state index in [9.17, 15) is 14.9 Å². The number of carbonyl (C=O) groups excluding carboxylic acids is 2. The van der Waals surface area contributed by atoms with Crippen LogP contribution in [-0.4, -0.2) is 29.3 Å². The van der Waals surface area contributed by atoms with Crippen molar-refractivity contribution in [3.63, 3.8) is 0 Å². The van der Waals surface area contributed by atoms with Crippen molar-refractivity contribution >= 4 is 11.8 Å². The van der Waals surface area contributed by atoms with Crippen molar-refractivity contribution in [2.45, 2.75) is 64.0 Å². The first kappa shape index (κ1) is 25.2. The molecular weight excluding hydrogens is 422 g/mol. The first-order valence-corrected chi connectivity index (χ1v) is 12.2. The van der Waals surface area contributed by atoms with Crippen LogP contribution in [0.4, 0.5) is 0 Å². The van der Waals surface area contributed by atoms with Gasteiger partial charge in [-0.25, -0.2) is 0 Å². The third-order valence-corrected chi connectivity index (χ3v) is 6.94. The molecule has 3 atom stereocenters. The van der Waals surface area contributed by atoms with Crippen LogP contribution in [0.25, 0.3) is 0 Å². The Morgan fingerprint density at radius 1 is 1.12 bits per heavy atom. The van der Waals surface area contributed by atoms with Crippen molar-refractivity contribution in [2.75, 3.05) is 6.54 Å². The van der Waals surface area contributed by atoms with E-state index in [4.69, 9.17) is 0 Å². The minimum Gasteiger partial charge on any atom is -0.348 e. The number of amides is 2. The topological polar surface area (TPSA) is 73.2 Å². The van der Waals surface area contributed by atoms with Crippen LogP contribution in [0.2, 0.25) is 0 Å². The van der Waals surface area contributed by atoms with Gasteiger partial charge in [-0.3, -0.25) is 9.59 Å². The number of nitrogens with one attached hydrogen (secondary N) is 1. The summed E-state index contributed by atoms with van der Waals surface area (Å²) in [5.41, 5.74) is 1.45. The Morgan fingerprint density at radius 2 is 1.76 bits per heavy atom. The quantitative estimate of drug-likeness (QED) is 0.519. The van der Waals surface area contributed by atoms with E-state index in [1.807, 2.05) is 73.7 Å². The first-order valence-electron chi connectivity index (χ1n) is 12.2. The van der Waals surface area contributed by atoms with Gasteiger partial charge in [-0.2, -0.15) is 5.26 Å². The molecule has 2 aromatic carbocycles. The van der Waals surface area contributed by atoms with Gasteiger partial charge in [0, 0.05) is 6.54 Å². The largest absolute Gasteiger partial charge is 0.348 e. The molecule has 5 nitrogen and oxygen atoms in total. The van der Waals surface area contributed by atoms with Crippen LogP contribution >= 0.6 is 0 Å². The first-order chi connectivity index (χ1) is 16.4. The Kier molecular flexibility index (Phi) is 8.65. The minimum atomic E-state index is -0.599. The van der Waals surface area contributed by atoms with Gasteiger partial charge in [-0.1, -0.05) is 80.6 Å². The highest BCUT2D eigenvalue weighted by Crippen LogP contribution is 2.36. The molecule has 1 unspecified atom stereocenters. The van der Waals surface area contributed by atoms with Crippen molar-refractivity contribution in [1.82, 2.24) is 10.2 Å². The lowest BCUT2D eigenvalue weighted by atomic mass is 9.70. The van der Waals surface area contributed by atoms with Crippen LogP contribution in [0.15, 0.2) is 72.8 Å². The van der Waals surface area contributed by atoms with Crippen LogP contribution in [-0.2, 0) is 15.0 Å². The van der Waals surface area contributed by atoms with E-state index < -0.39 is 11.5 Å². The SMILES string of the molecule is CC(C)C(C#N)(CCC=CC(=O)N1CCC[C@@H]1C(=O)N[C@H](C)c1ccccc1)c1ccccc1. The molecule has 1 heterocycles. The molecule has 0 aromatic heterocycles. The Balaban J connectivity index is 1.60. The molecule has 0 saturated carbocycles. The number of rotatable bonds is 9. The van der Waals surface area contributed by atoms with E-state index in [2.05, 4.69) is 25.2 Å². The maximum absolute atomic E-state index is 12.9. The van der Waals surface area contributed by atoms with E-state index in [-0.39, 0.29) is 23.8 Å². The number of nitrogens with zero attached hydrogens (tertiary/aromatic N) is 2. The zero-order valence-electron chi connectivity index (χ0n) is 20.4. The Hall–Kier alpha value is -3.39. The van der Waals surface area contributed by atoms with Crippen molar-refractivity contribution in [3.05, 3.63) is 83.9 Å². The highest BCUT2D eigenvalue weighted by atomic mass is 16.2. The summed E-state index contributed by atoms with van der Waals surface area (Å²) < 4.78 is 0. The monoisotopic (exact) mass is 457 g/mol. The van der Waals surface area contributed by atoms with Gasteiger partial charge in [0.25, 0.3) is 0 Å². The van der Waals surface area contributed by atoms with E-state index in [0.717, 1.165) is 17.5 Å². The van der Waals surface area contributed by atoms with Gasteiger partial charge in [0.2, 0.25) is 11.8 Å². The fourth-order valence-corrected chi connectivity index (χ4v) is 4.78. The third kappa shape index (κ3) is 5.75. The zero-order chi connectivity index (χ0) is 24.6. The number of carbonyl (C=O) groups is 2. The average molecular weight is 458 g/mol. The maximum atomic E-state index is 12.9. The zero-order valence-corrected chi connectivity index (χ0v) is 20.4. The Labute approximate surface area is 203 Å². The number of nitriles is 1. The molecule has 2 aromatic rings. The van der Waals surface area contributed by atoms with E-state index >= 15 is 0 Å². The lowest BCUT2D eigenvalue weighted by Crippen LogP contribution is -2.46. The smallest absolute Gasteiger partial charge is 0.246 e. The Bertz CT molecular complexity index is 1030. The molecule has 178 valence electrons. The Morgan fingerprint density at radius 3 is 2.38 bits per heavy atom. The van der Waals surface area contributed by atoms with Gasteiger partial charge >= 0.3 is 0 Å². The second-order valence-corrected chi connectivity index (χ2v) is 9.38. The van der Waals surface area contributed by atoms with E-state index in [1.54, 1.807) is 11.0 Å². The summed E-state index contributed by atoms with van der Waals surface area (Å²) >= 11 is 0. The van der Waals surface area contributed by atoms with Crippen molar-refractivity contribution < 1.29 is 9.59 Å². The van der Waals surface area contributed by atoms with Crippen LogP contribution in [0.3, 0.4) is 0 Å². The molecule has 34 heavy (non-hydrogen) atoms. The molecule has 2 amide bonds. The molecule has 1 fully saturated rings. The summed E-state index contributed by atoms with van der Waals surface area (Å²) in [6.07, 6.45) is 6.15. The van der Waals surface area contributed by atoms with Gasteiger partial charge in [0.15, 0.2) is 0 Å². The average Bonchev–Trinajstić information content (AvgIpc) is 3.35. The van der Waals surface area contributed by atoms with Gasteiger partial charge in [0.1, 0.15) is 6.04 Å². The van der Waals surface area contributed by atoms with E-state index in [1.165, 1.54) is 0 Å². The molecule has 0 spiro atoms. The molecular formula is C29H35N3O2. The second kappa shape index (κ2) is 11.7. The predicted molar refractivity (Wildman–Crippen MR) is 135 cm³/mol. The van der Waals surface area contributed by atoms with Gasteiger partial charge in [0.05, 0.1) is 17.5 Å². The molecule has 1 aliphatic heterocycles. The molecule has 1 saturated heterocycles. The van der Waals surface area contributed by atoms with Crippen LogP contribution < -0.4 is 5.32 Å². The van der Waals surface area contributed by atoms with Crippen molar-refractivity contribution in [3.8, 4) is 6.07 Å². The second-order valence-electron chi connectivity index (χ2n) is 9.38. The number of likely N-dealkylation sites (tertiary alicyclic amines) is 1. The molecule has 5 heteroatoms. The van der Waals surface area contributed by atoms with Gasteiger partial charge < -0.3 is 10.2 Å². The van der Waals surface area contributed by atoms with Crippen molar-refractivity contribution in [2.24, 2.45) is 5.92 Å². The summed E-state index contributed by atoms with van der Waals surface area (Å²) in [6.45, 7) is 6.67. The summed E-state index contributed by atoms with van der Waals surface area (Å²) in [6, 6.07) is 21.7. The predicted octanol–water partition coefficient (Wildman–Crippen LogP) is 5.31. The summed E-state index contributed by atoms with van der Waals surface area (Å²) in [7, 11) is 0. The van der Waals surface area contributed by atoms with Crippen LogP contribution in [0, 0.1) is 17.2 Å². The number of allylic oxidation sites excluding steroid dienone is 1. The fourth-order valence-electron chi connectivity index (χ4n) is 4.78. The summed E-state index contributed by atoms with van der Waals surface area (Å²) in [5.74, 6) is -0.109. The highest BCUT2D eigenvalue weighted by molar-refractivity contribution is 5.93. The molecule has 1 aliphatic rings. The molecule has 0 aliphatic carbocycles. The number of benzene rings is 2. The number of hydrogen-bond acceptors (Lipinski definition) is 3. The highest BCUT2D eigenvalue weighted by Gasteiger charge is 2.36. The third-order valence-electron chi connectivity index (χ3n) is 6.94. The van der Waals surface area contributed by atoms with Crippen molar-refractivity contribution in [1.29, 1.82) is 5.26 Å². The molecule has 3 rings (SSSR count). The summed E-state index contributed by atoms with van der Waals surface area (Å²) in [5, 5.41) is 13.1. The fraction of sp³-hybridized carbons (Fsp3) is 0.414. The minimum absolute atomic E-state index is 0.108. The van der Waals surface area contributed by atoms with Gasteiger partial charge in [-0.05, 0) is 55.7 Å². The van der Waals surface area contributed by atoms with Gasteiger partial charge in [-0.15, -0.1) is 0 Å².